The summed E-state index contributed by atoms with van der Waals surface area (Å²) in [7, 11) is 0. The van der Waals surface area contributed by atoms with Crippen LogP contribution < -0.4 is 10.7 Å². The molecule has 0 unspecified atom stereocenters. The minimum absolute atomic E-state index is 0.629. The molecular formula is C43H31Cl2N3. The standard InChI is InChI=1S/C43H31Cl2N3/c44-35-22-24-39(41(27-35)30-10-4-1-5-11-30)31-16-18-32(19-17-31)42-28-36(45)23-25-40(42)33-20-21-34(43(46)26-33)29-47-48(37-12-6-2-7-13-37)38-14-8-3-9-15-38/h1-29H,46H2. The van der Waals surface area contributed by atoms with Gasteiger partial charge in [0.15, 0.2) is 0 Å². The maximum Gasteiger partial charge on any atom is 0.0652 e. The van der Waals surface area contributed by atoms with Gasteiger partial charge >= 0.3 is 0 Å². The highest BCUT2D eigenvalue weighted by Gasteiger charge is 2.13. The van der Waals surface area contributed by atoms with Crippen molar-refractivity contribution in [2.75, 3.05) is 10.7 Å². The Morgan fingerprint density at radius 2 is 0.875 bits per heavy atom. The Labute approximate surface area is 291 Å². The van der Waals surface area contributed by atoms with E-state index in [1.54, 1.807) is 6.21 Å². The second kappa shape index (κ2) is 14.0. The molecule has 7 aromatic rings. The van der Waals surface area contributed by atoms with Crippen LogP contribution in [0.3, 0.4) is 0 Å². The molecule has 2 N–H and O–H groups in total. The van der Waals surface area contributed by atoms with Gasteiger partial charge in [0, 0.05) is 21.3 Å². The van der Waals surface area contributed by atoms with Gasteiger partial charge in [-0.2, -0.15) is 5.10 Å². The van der Waals surface area contributed by atoms with Crippen LogP contribution in [0.2, 0.25) is 10.0 Å². The number of hydrazone groups is 1. The highest BCUT2D eigenvalue weighted by molar-refractivity contribution is 6.31. The maximum atomic E-state index is 6.65. The summed E-state index contributed by atoms with van der Waals surface area (Å²) in [5, 5.41) is 8.12. The second-order valence-corrected chi connectivity index (χ2v) is 12.3. The molecule has 0 aromatic heterocycles. The molecular weight excluding hydrogens is 629 g/mol. The average molecular weight is 661 g/mol. The summed E-state index contributed by atoms with van der Waals surface area (Å²) in [4.78, 5) is 0. The van der Waals surface area contributed by atoms with Gasteiger partial charge in [-0.3, -0.25) is 0 Å². The number of rotatable bonds is 8. The van der Waals surface area contributed by atoms with Gasteiger partial charge in [-0.25, -0.2) is 5.01 Å². The number of anilines is 3. The number of nitrogens with zero attached hydrogens (tertiary/aromatic N) is 2. The van der Waals surface area contributed by atoms with Crippen molar-refractivity contribution in [1.82, 2.24) is 0 Å². The molecule has 0 fully saturated rings. The van der Waals surface area contributed by atoms with Crippen molar-refractivity contribution in [2.24, 2.45) is 5.10 Å². The summed E-state index contributed by atoms with van der Waals surface area (Å²) in [6.07, 6.45) is 1.81. The first-order valence-electron chi connectivity index (χ1n) is 15.6. The SMILES string of the molecule is Nc1cc(-c2ccc(Cl)cc2-c2ccc(-c3ccc(Cl)cc3-c3ccccc3)cc2)ccc1C=NN(c1ccccc1)c1ccccc1. The highest BCUT2D eigenvalue weighted by atomic mass is 35.5. The molecule has 0 radical (unpaired) electrons. The predicted molar refractivity (Wildman–Crippen MR) is 205 cm³/mol. The lowest BCUT2D eigenvalue weighted by molar-refractivity contribution is 1.09. The van der Waals surface area contributed by atoms with Gasteiger partial charge < -0.3 is 5.73 Å². The van der Waals surface area contributed by atoms with E-state index in [0.717, 1.165) is 61.4 Å². The summed E-state index contributed by atoms with van der Waals surface area (Å²) in [6.45, 7) is 0. The molecule has 0 aliphatic carbocycles. The van der Waals surface area contributed by atoms with Gasteiger partial charge in [-0.05, 0) is 99.1 Å². The van der Waals surface area contributed by atoms with Gasteiger partial charge in [0.05, 0.1) is 17.6 Å². The van der Waals surface area contributed by atoms with Gasteiger partial charge in [0.25, 0.3) is 0 Å². The van der Waals surface area contributed by atoms with Crippen molar-refractivity contribution >= 4 is 46.5 Å². The first kappa shape index (κ1) is 31.0. The van der Waals surface area contributed by atoms with E-state index in [9.17, 15) is 0 Å². The Balaban J connectivity index is 1.20. The summed E-state index contributed by atoms with van der Waals surface area (Å²) >= 11 is 13.0. The van der Waals surface area contributed by atoms with E-state index in [0.29, 0.717) is 15.7 Å². The van der Waals surface area contributed by atoms with Crippen LogP contribution in [0, 0.1) is 0 Å². The van der Waals surface area contributed by atoms with E-state index in [1.807, 2.05) is 126 Å². The van der Waals surface area contributed by atoms with Crippen LogP contribution in [0.5, 0.6) is 0 Å². The fourth-order valence-electron chi connectivity index (χ4n) is 5.86. The lowest BCUT2D eigenvalue weighted by atomic mass is 9.91. The Morgan fingerprint density at radius 1 is 0.438 bits per heavy atom. The molecule has 232 valence electrons. The van der Waals surface area contributed by atoms with Crippen LogP contribution in [0.25, 0.3) is 44.5 Å². The van der Waals surface area contributed by atoms with Gasteiger partial charge in [-0.1, -0.05) is 138 Å². The van der Waals surface area contributed by atoms with Crippen molar-refractivity contribution in [1.29, 1.82) is 0 Å². The van der Waals surface area contributed by atoms with Gasteiger partial charge in [-0.15, -0.1) is 0 Å². The number of para-hydroxylation sites is 2. The Hall–Kier alpha value is -5.61. The molecule has 48 heavy (non-hydrogen) atoms. The third kappa shape index (κ3) is 6.74. The normalized spacial score (nSPS) is 11.1. The number of benzene rings is 7. The van der Waals surface area contributed by atoms with Crippen LogP contribution in [0.4, 0.5) is 17.1 Å². The minimum Gasteiger partial charge on any atom is -0.398 e. The number of nitrogen functional groups attached to an aromatic ring is 1. The number of halogens is 2. The Bertz CT molecular complexity index is 2160. The third-order valence-corrected chi connectivity index (χ3v) is 8.74. The molecule has 7 rings (SSSR count). The first-order chi connectivity index (χ1) is 23.5. The quantitative estimate of drug-likeness (QED) is 0.100. The average Bonchev–Trinajstić information content (AvgIpc) is 3.13. The predicted octanol–water partition coefficient (Wildman–Crippen LogP) is 12.4. The lowest BCUT2D eigenvalue weighted by Gasteiger charge is -2.19. The van der Waals surface area contributed by atoms with Crippen LogP contribution in [0.15, 0.2) is 175 Å². The smallest absolute Gasteiger partial charge is 0.0652 e. The molecule has 0 saturated heterocycles. The molecule has 0 aliphatic rings. The topological polar surface area (TPSA) is 41.6 Å². The van der Waals surface area contributed by atoms with E-state index >= 15 is 0 Å². The van der Waals surface area contributed by atoms with Crippen molar-refractivity contribution < 1.29 is 0 Å². The van der Waals surface area contributed by atoms with Crippen molar-refractivity contribution in [3.8, 4) is 44.5 Å². The summed E-state index contributed by atoms with van der Waals surface area (Å²) in [5.74, 6) is 0. The van der Waals surface area contributed by atoms with Crippen LogP contribution >= 0.6 is 23.2 Å². The molecule has 5 heteroatoms. The molecule has 0 atom stereocenters. The third-order valence-electron chi connectivity index (χ3n) is 8.27. The van der Waals surface area contributed by atoms with Crippen LogP contribution in [-0.2, 0) is 0 Å². The monoisotopic (exact) mass is 659 g/mol. The second-order valence-electron chi connectivity index (χ2n) is 11.4. The molecule has 3 nitrogen and oxygen atoms in total. The van der Waals surface area contributed by atoms with E-state index in [1.165, 1.54) is 0 Å². The zero-order chi connectivity index (χ0) is 32.9. The molecule has 0 aliphatic heterocycles. The number of hydrogen-bond acceptors (Lipinski definition) is 3. The lowest BCUT2D eigenvalue weighted by Crippen LogP contribution is -2.09. The largest absolute Gasteiger partial charge is 0.398 e. The Kier molecular flexibility index (Phi) is 9.06. The molecule has 7 aromatic carbocycles. The summed E-state index contributed by atoms with van der Waals surface area (Å²) in [6, 6.07) is 57.1. The molecule has 0 amide bonds. The number of nitrogens with two attached hydrogens (primary N) is 1. The van der Waals surface area contributed by atoms with E-state index in [-0.39, 0.29) is 0 Å². The van der Waals surface area contributed by atoms with E-state index in [4.69, 9.17) is 34.0 Å². The number of hydrogen-bond donors (Lipinski definition) is 1. The fraction of sp³-hybridized carbons (Fsp3) is 0. The highest BCUT2D eigenvalue weighted by Crippen LogP contribution is 2.39. The van der Waals surface area contributed by atoms with Gasteiger partial charge in [0.2, 0.25) is 0 Å². The van der Waals surface area contributed by atoms with Crippen LogP contribution in [-0.4, -0.2) is 6.21 Å². The zero-order valence-corrected chi connectivity index (χ0v) is 27.5. The zero-order valence-electron chi connectivity index (χ0n) is 26.0. The molecule has 0 bridgehead atoms. The molecule has 0 heterocycles. The van der Waals surface area contributed by atoms with E-state index in [2.05, 4.69) is 48.5 Å². The first-order valence-corrected chi connectivity index (χ1v) is 16.4. The van der Waals surface area contributed by atoms with E-state index < -0.39 is 0 Å². The minimum atomic E-state index is 0.629. The van der Waals surface area contributed by atoms with Crippen LogP contribution in [0.1, 0.15) is 5.56 Å². The van der Waals surface area contributed by atoms with Crippen molar-refractivity contribution in [2.45, 2.75) is 0 Å². The van der Waals surface area contributed by atoms with Gasteiger partial charge in [0.1, 0.15) is 0 Å². The van der Waals surface area contributed by atoms with Crippen molar-refractivity contribution in [3.05, 3.63) is 185 Å². The maximum absolute atomic E-state index is 6.65. The van der Waals surface area contributed by atoms with Crippen molar-refractivity contribution in [3.63, 3.8) is 0 Å². The summed E-state index contributed by atoms with van der Waals surface area (Å²) < 4.78 is 0. The summed E-state index contributed by atoms with van der Waals surface area (Å²) in [5.41, 5.74) is 18.6. The molecule has 0 saturated carbocycles. The molecule has 0 spiro atoms. The Morgan fingerprint density at radius 3 is 1.40 bits per heavy atom. The fourth-order valence-corrected chi connectivity index (χ4v) is 6.21.